The van der Waals surface area contributed by atoms with Crippen molar-refractivity contribution in [2.24, 2.45) is 11.3 Å². The van der Waals surface area contributed by atoms with Crippen LogP contribution in [-0.2, 0) is 29.4 Å². The lowest BCUT2D eigenvalue weighted by molar-refractivity contribution is -0.143. The molecule has 17 nitrogen and oxygen atoms in total. The molecule has 65 heavy (non-hydrogen) atoms. The van der Waals surface area contributed by atoms with Gasteiger partial charge in [0.1, 0.15) is 57.8 Å². The maximum absolute atomic E-state index is 14.9. The number of hydrogen-bond donors (Lipinski definition) is 4. The average molecular weight is 953 g/mol. The van der Waals surface area contributed by atoms with Crippen LogP contribution in [0.3, 0.4) is 0 Å². The van der Waals surface area contributed by atoms with E-state index in [0.29, 0.717) is 38.9 Å². The first-order chi connectivity index (χ1) is 30.8. The molecule has 2 aromatic carbocycles. The first-order valence-corrected chi connectivity index (χ1v) is 24.1. The van der Waals surface area contributed by atoms with Crippen LogP contribution in [0.5, 0.6) is 17.2 Å². The number of hydrogen-bond acceptors (Lipinski definition) is 14. The zero-order chi connectivity index (χ0) is 46.8. The van der Waals surface area contributed by atoms with E-state index in [1.165, 1.54) is 41.6 Å². The first kappa shape index (κ1) is 47.3. The molecule has 7 rings (SSSR count). The van der Waals surface area contributed by atoms with Gasteiger partial charge in [-0.2, -0.15) is 8.42 Å². The largest absolute Gasteiger partial charge is 0.495 e. The minimum atomic E-state index is -4.68. The fraction of sp³-hybridized carbons (Fsp3) is 0.467. The summed E-state index contributed by atoms with van der Waals surface area (Å²) in [6.45, 7) is 13.0. The van der Waals surface area contributed by atoms with Crippen LogP contribution in [0.25, 0.3) is 22.3 Å². The molecule has 5 atom stereocenters. The number of carbonyl (C=O) groups is 4. The average Bonchev–Trinajstić information content (AvgIpc) is 3.65. The Morgan fingerprint density at radius 2 is 1.74 bits per heavy atom. The highest BCUT2D eigenvalue weighted by molar-refractivity contribution is 7.85. The summed E-state index contributed by atoms with van der Waals surface area (Å²) < 4.78 is 51.0. The van der Waals surface area contributed by atoms with Crippen molar-refractivity contribution in [3.63, 3.8) is 0 Å². The van der Waals surface area contributed by atoms with Gasteiger partial charge in [-0.15, -0.1) is 17.9 Å². The molecule has 3 aliphatic rings. The van der Waals surface area contributed by atoms with Gasteiger partial charge in [-0.1, -0.05) is 56.6 Å². The number of amides is 4. The number of nitrogens with zero attached hydrogens (tertiary/aromatic N) is 3. The highest BCUT2D eigenvalue weighted by atomic mass is 35.5. The Labute approximate surface area is 387 Å². The highest BCUT2D eigenvalue weighted by Crippen LogP contribution is 2.46. The zero-order valence-corrected chi connectivity index (χ0v) is 39.4. The second-order valence-electron chi connectivity index (χ2n) is 17.8. The van der Waals surface area contributed by atoms with E-state index in [1.54, 1.807) is 57.2 Å². The first-order valence-electron chi connectivity index (χ1n) is 21.4. The van der Waals surface area contributed by atoms with Crippen molar-refractivity contribution in [2.75, 3.05) is 19.0 Å². The van der Waals surface area contributed by atoms with Crippen LogP contribution in [-0.4, -0.2) is 96.6 Å². The van der Waals surface area contributed by atoms with E-state index >= 15 is 0 Å². The molecule has 0 bridgehead atoms. The van der Waals surface area contributed by atoms with Crippen molar-refractivity contribution >= 4 is 73.1 Å². The van der Waals surface area contributed by atoms with E-state index in [-0.39, 0.29) is 42.3 Å². The van der Waals surface area contributed by atoms with Crippen LogP contribution in [0.1, 0.15) is 73.1 Å². The number of likely N-dealkylation sites (tertiary alicyclic amines) is 1. The second-order valence-corrected chi connectivity index (χ2v) is 20.4. The fourth-order valence-electron chi connectivity index (χ4n) is 8.14. The third-order valence-corrected chi connectivity index (χ3v) is 13.5. The van der Waals surface area contributed by atoms with Crippen LogP contribution in [0, 0.1) is 11.3 Å². The van der Waals surface area contributed by atoms with Gasteiger partial charge in [0, 0.05) is 35.2 Å². The van der Waals surface area contributed by atoms with Crippen molar-refractivity contribution in [3.05, 3.63) is 71.6 Å². The molecule has 1 saturated heterocycles. The molecule has 4 N–H and O–H groups in total. The molecule has 0 radical (unpaired) electrons. The van der Waals surface area contributed by atoms with Gasteiger partial charge in [-0.05, 0) is 75.6 Å². The number of fused-ring (bicyclic) bond motifs is 1. The van der Waals surface area contributed by atoms with Gasteiger partial charge in [-0.25, -0.2) is 19.5 Å². The summed E-state index contributed by atoms with van der Waals surface area (Å²) in [5, 5.41) is 12.1. The van der Waals surface area contributed by atoms with Gasteiger partial charge < -0.3 is 39.2 Å². The Hall–Kier alpha value is -5.66. The number of anilines is 1. The molecular weight excluding hydrogens is 898 g/mol. The maximum atomic E-state index is 14.9. The molecule has 2 aliphatic carbocycles. The molecule has 2 saturated carbocycles. The summed E-state index contributed by atoms with van der Waals surface area (Å²) in [5.41, 5.74) is -1.25. The van der Waals surface area contributed by atoms with Crippen molar-refractivity contribution in [2.45, 2.75) is 109 Å². The molecule has 348 valence electrons. The number of methoxy groups -OCH3 is 1. The molecule has 0 spiro atoms. The third-order valence-electron chi connectivity index (χ3n) is 11.6. The number of alkyl carbamates (subject to hydrolysis) is 1. The van der Waals surface area contributed by atoms with Crippen LogP contribution < -0.4 is 34.3 Å². The van der Waals surface area contributed by atoms with Crippen LogP contribution in [0.4, 0.5) is 9.93 Å². The van der Waals surface area contributed by atoms with E-state index < -0.39 is 69.2 Å². The lowest BCUT2D eigenvalue weighted by Crippen LogP contribution is -2.60. The van der Waals surface area contributed by atoms with Crippen molar-refractivity contribution in [3.8, 4) is 28.6 Å². The highest BCUT2D eigenvalue weighted by Gasteiger charge is 2.62. The van der Waals surface area contributed by atoms with Gasteiger partial charge >= 0.3 is 16.4 Å². The van der Waals surface area contributed by atoms with Gasteiger partial charge in [0.15, 0.2) is 5.13 Å². The van der Waals surface area contributed by atoms with Crippen molar-refractivity contribution in [1.29, 1.82) is 0 Å². The standard InChI is InChI=1S/C45H54ClN7O10S2/c1-8-26-22-45(26,41(56)52-65(58,59)63-28-16-10-9-11-17-28)51-39(54)33-20-29(23-53(33)40(55)38(44(4,5)6)50-43(57)62-27-14-12-13-15-27)61-35-21-31(32-24-64-42(49-32)47-25(2)3)48-37-30(35)18-19-34(60-7)36(37)46/h8-11,16-19,21,24-27,29,33,38H,1,12-15,20,22-23H2,2-7H3,(H,47,49)(H,50,57)(H,51,54)(H,52,56)/t26-,29?,33+,38-,45-/m1/s1. The Morgan fingerprint density at radius 3 is 2.38 bits per heavy atom. The SMILES string of the molecule is C=C[C@@H]1C[C@]1(NC(=O)[C@@H]1CC(Oc2cc(-c3csc(NC(C)C)n3)nc3c(Cl)c(OC)ccc23)CN1C(=O)[C@@H](NC(=O)OC1CCCC1)C(C)(C)C)C(=O)NS(=O)(=O)Oc1ccccc1. The van der Waals surface area contributed by atoms with E-state index in [4.69, 9.17) is 40.0 Å². The number of rotatable bonds is 16. The number of nitrogens with one attached hydrogen (secondary N) is 4. The van der Waals surface area contributed by atoms with E-state index in [0.717, 1.165) is 25.7 Å². The molecule has 1 aliphatic heterocycles. The van der Waals surface area contributed by atoms with Crippen LogP contribution in [0.2, 0.25) is 5.02 Å². The summed E-state index contributed by atoms with van der Waals surface area (Å²) in [5.74, 6) is -2.37. The number of para-hydroxylation sites is 1. The minimum Gasteiger partial charge on any atom is -0.495 e. The number of thiazole rings is 1. The zero-order valence-electron chi connectivity index (χ0n) is 37.0. The van der Waals surface area contributed by atoms with E-state index in [2.05, 4.69) is 22.5 Å². The monoisotopic (exact) mass is 951 g/mol. The topological polar surface area (TPSA) is 216 Å². The lowest BCUT2D eigenvalue weighted by Gasteiger charge is -2.35. The van der Waals surface area contributed by atoms with Gasteiger partial charge in [-0.3, -0.25) is 14.4 Å². The smallest absolute Gasteiger partial charge is 0.409 e. The Morgan fingerprint density at radius 1 is 1.02 bits per heavy atom. The van der Waals surface area contributed by atoms with E-state index in [9.17, 15) is 27.6 Å². The molecule has 3 heterocycles. The summed E-state index contributed by atoms with van der Waals surface area (Å²) in [6, 6.07) is 10.5. The Balaban J connectivity index is 1.21. The number of halogens is 1. The molecular formula is C45H54ClN7O10S2. The predicted octanol–water partition coefficient (Wildman–Crippen LogP) is 6.77. The van der Waals surface area contributed by atoms with Crippen LogP contribution >= 0.6 is 22.9 Å². The van der Waals surface area contributed by atoms with Crippen molar-refractivity contribution < 1.29 is 46.0 Å². The number of carbonyl (C=O) groups excluding carboxylic acids is 4. The second kappa shape index (κ2) is 19.1. The summed E-state index contributed by atoms with van der Waals surface area (Å²) in [7, 11) is -3.19. The van der Waals surface area contributed by atoms with Gasteiger partial charge in [0.25, 0.3) is 5.91 Å². The predicted molar refractivity (Wildman–Crippen MR) is 246 cm³/mol. The summed E-state index contributed by atoms with van der Waals surface area (Å²) in [4.78, 5) is 67.6. The fourth-order valence-corrected chi connectivity index (χ4v) is 10.1. The molecule has 2 aromatic heterocycles. The Kier molecular flexibility index (Phi) is 13.9. The molecule has 3 fully saturated rings. The third kappa shape index (κ3) is 10.7. The molecule has 20 heteroatoms. The Bertz CT molecular complexity index is 2560. The number of aromatic nitrogens is 2. The van der Waals surface area contributed by atoms with Gasteiger partial charge in [0.2, 0.25) is 11.8 Å². The summed E-state index contributed by atoms with van der Waals surface area (Å²) >= 11 is 8.26. The molecule has 4 amide bonds. The molecule has 1 unspecified atom stereocenters. The number of benzene rings is 2. The van der Waals surface area contributed by atoms with Crippen LogP contribution in [0.15, 0.2) is 66.6 Å². The number of pyridine rings is 1. The van der Waals surface area contributed by atoms with Gasteiger partial charge in [0.05, 0.1) is 24.9 Å². The lowest BCUT2D eigenvalue weighted by atomic mass is 9.85. The normalized spacial score (nSPS) is 21.4. The number of ether oxygens (including phenoxy) is 3. The molecule has 4 aromatic rings. The quantitative estimate of drug-likeness (QED) is 0.0854. The van der Waals surface area contributed by atoms with Crippen molar-refractivity contribution in [1.82, 2.24) is 30.2 Å². The maximum Gasteiger partial charge on any atom is 0.409 e. The van der Waals surface area contributed by atoms with E-state index in [1.807, 2.05) is 23.9 Å². The summed E-state index contributed by atoms with van der Waals surface area (Å²) in [6.07, 6.45) is 2.82. The minimum absolute atomic E-state index is 0.0235.